The Kier molecular flexibility index (Phi) is 4.43. The summed E-state index contributed by atoms with van der Waals surface area (Å²) in [6, 6.07) is 8.78. The summed E-state index contributed by atoms with van der Waals surface area (Å²) in [5.41, 5.74) is 2.89. The third kappa shape index (κ3) is 3.01. The Balaban J connectivity index is 2.91. The number of alkyl halides is 1. The molecule has 1 unspecified atom stereocenters. The Labute approximate surface area is 105 Å². The van der Waals surface area contributed by atoms with Crippen LogP contribution < -0.4 is 0 Å². The van der Waals surface area contributed by atoms with Gasteiger partial charge in [-0.15, -0.1) is 11.6 Å². The molecule has 0 saturated carbocycles. The molecule has 0 amide bonds. The van der Waals surface area contributed by atoms with Crippen LogP contribution in [-0.2, 0) is 5.41 Å². The van der Waals surface area contributed by atoms with Gasteiger partial charge in [0.2, 0.25) is 0 Å². The van der Waals surface area contributed by atoms with E-state index in [1.807, 2.05) is 0 Å². The van der Waals surface area contributed by atoms with Crippen molar-refractivity contribution >= 4 is 11.6 Å². The average molecular weight is 239 g/mol. The minimum Gasteiger partial charge on any atom is -0.118 e. The van der Waals surface area contributed by atoms with Crippen molar-refractivity contribution in [3.63, 3.8) is 0 Å². The topological polar surface area (TPSA) is 0 Å². The zero-order valence-electron chi connectivity index (χ0n) is 11.0. The van der Waals surface area contributed by atoms with Crippen molar-refractivity contribution in [2.24, 2.45) is 5.92 Å². The molecule has 0 heterocycles. The molecule has 1 atom stereocenters. The van der Waals surface area contributed by atoms with Crippen LogP contribution in [0.1, 0.15) is 57.5 Å². The Morgan fingerprint density at radius 1 is 1.12 bits per heavy atom. The predicted octanol–water partition coefficient (Wildman–Crippen LogP) is 5.31. The highest BCUT2D eigenvalue weighted by Crippen LogP contribution is 2.31. The van der Waals surface area contributed by atoms with Gasteiger partial charge in [-0.3, -0.25) is 0 Å². The molecule has 0 aliphatic carbocycles. The second-order valence-corrected chi connectivity index (χ2v) is 5.98. The molecule has 0 radical (unpaired) electrons. The second-order valence-electron chi connectivity index (χ2n) is 5.51. The number of rotatable bonds is 4. The van der Waals surface area contributed by atoms with E-state index in [4.69, 9.17) is 11.6 Å². The van der Waals surface area contributed by atoms with Crippen LogP contribution in [0.15, 0.2) is 24.3 Å². The highest BCUT2D eigenvalue weighted by atomic mass is 35.5. The van der Waals surface area contributed by atoms with Crippen molar-refractivity contribution in [1.29, 1.82) is 0 Å². The summed E-state index contributed by atoms with van der Waals surface area (Å²) in [5.74, 6) is 0.478. The highest BCUT2D eigenvalue weighted by Gasteiger charge is 2.18. The van der Waals surface area contributed by atoms with E-state index in [0.29, 0.717) is 5.92 Å². The van der Waals surface area contributed by atoms with E-state index in [0.717, 1.165) is 6.42 Å². The van der Waals surface area contributed by atoms with Gasteiger partial charge < -0.3 is 0 Å². The van der Waals surface area contributed by atoms with Gasteiger partial charge in [-0.25, -0.2) is 0 Å². The Bertz CT molecular complexity index is 322. The van der Waals surface area contributed by atoms with E-state index in [2.05, 4.69) is 58.9 Å². The highest BCUT2D eigenvalue weighted by molar-refractivity contribution is 6.20. The average Bonchev–Trinajstić information content (AvgIpc) is 2.28. The summed E-state index contributed by atoms with van der Waals surface area (Å²) in [5, 5.41) is 0.124. The lowest BCUT2D eigenvalue weighted by Gasteiger charge is -2.24. The van der Waals surface area contributed by atoms with Gasteiger partial charge in [0.15, 0.2) is 0 Å². The van der Waals surface area contributed by atoms with E-state index in [1.54, 1.807) is 0 Å². The molecule has 1 rings (SSSR count). The molecule has 1 heteroatoms. The smallest absolute Gasteiger partial charge is 0.0608 e. The molecule has 0 spiro atoms. The minimum atomic E-state index is 0.124. The minimum absolute atomic E-state index is 0.124. The van der Waals surface area contributed by atoms with E-state index in [-0.39, 0.29) is 10.8 Å². The second kappa shape index (κ2) is 5.23. The van der Waals surface area contributed by atoms with Gasteiger partial charge in [0.05, 0.1) is 5.38 Å². The van der Waals surface area contributed by atoms with Gasteiger partial charge in [-0.2, -0.15) is 0 Å². The lowest BCUT2D eigenvalue weighted by molar-refractivity contribution is 0.506. The summed E-state index contributed by atoms with van der Waals surface area (Å²) in [7, 11) is 0. The molecular weight excluding hydrogens is 216 g/mol. The van der Waals surface area contributed by atoms with Gasteiger partial charge in [-0.1, -0.05) is 58.9 Å². The maximum absolute atomic E-state index is 6.34. The molecule has 90 valence electrons. The summed E-state index contributed by atoms with van der Waals surface area (Å²) in [6.07, 6.45) is 1.15. The molecule has 0 aliphatic rings. The van der Waals surface area contributed by atoms with E-state index in [1.165, 1.54) is 11.1 Å². The van der Waals surface area contributed by atoms with Gasteiger partial charge >= 0.3 is 0 Å². The molecule has 0 aromatic heterocycles. The Hall–Kier alpha value is -0.490. The van der Waals surface area contributed by atoms with Crippen LogP contribution in [0.5, 0.6) is 0 Å². The van der Waals surface area contributed by atoms with Crippen molar-refractivity contribution in [2.45, 2.75) is 51.8 Å². The van der Waals surface area contributed by atoms with Crippen LogP contribution in [0.4, 0.5) is 0 Å². The Morgan fingerprint density at radius 3 is 2.00 bits per heavy atom. The van der Waals surface area contributed by atoms with E-state index in [9.17, 15) is 0 Å². The summed E-state index contributed by atoms with van der Waals surface area (Å²) in [4.78, 5) is 0. The number of benzene rings is 1. The Morgan fingerprint density at radius 2 is 1.62 bits per heavy atom. The number of hydrogen-bond donors (Lipinski definition) is 0. The largest absolute Gasteiger partial charge is 0.118 e. The van der Waals surface area contributed by atoms with E-state index < -0.39 is 0 Å². The zero-order chi connectivity index (χ0) is 12.3. The number of hydrogen-bond acceptors (Lipinski definition) is 0. The number of halogens is 1. The molecule has 1 aromatic rings. The first-order valence-corrected chi connectivity index (χ1v) is 6.56. The fourth-order valence-electron chi connectivity index (χ4n) is 1.71. The van der Waals surface area contributed by atoms with Crippen molar-refractivity contribution in [3.05, 3.63) is 35.4 Å². The van der Waals surface area contributed by atoms with Gasteiger partial charge in [0.25, 0.3) is 0 Å². The van der Waals surface area contributed by atoms with Crippen molar-refractivity contribution < 1.29 is 0 Å². The van der Waals surface area contributed by atoms with Crippen molar-refractivity contribution in [1.82, 2.24) is 0 Å². The van der Waals surface area contributed by atoms with Crippen LogP contribution in [0.25, 0.3) is 0 Å². The molecule has 16 heavy (non-hydrogen) atoms. The molecule has 1 aromatic carbocycles. The SMILES string of the molecule is CCC(C)(C)c1ccc(C(Cl)C(C)C)cc1. The fourth-order valence-corrected chi connectivity index (χ4v) is 1.85. The third-order valence-corrected chi connectivity index (χ3v) is 4.24. The van der Waals surface area contributed by atoms with Gasteiger partial charge in [0.1, 0.15) is 0 Å². The quantitative estimate of drug-likeness (QED) is 0.624. The first-order chi connectivity index (χ1) is 7.38. The van der Waals surface area contributed by atoms with Crippen LogP contribution in [0.2, 0.25) is 0 Å². The monoisotopic (exact) mass is 238 g/mol. The van der Waals surface area contributed by atoms with Gasteiger partial charge in [-0.05, 0) is 28.9 Å². The van der Waals surface area contributed by atoms with Gasteiger partial charge in [0, 0.05) is 0 Å². The first kappa shape index (κ1) is 13.6. The lowest BCUT2D eigenvalue weighted by atomic mass is 9.82. The maximum Gasteiger partial charge on any atom is 0.0608 e. The fraction of sp³-hybridized carbons (Fsp3) is 0.600. The van der Waals surface area contributed by atoms with Crippen LogP contribution in [0.3, 0.4) is 0 Å². The maximum atomic E-state index is 6.34. The summed E-state index contributed by atoms with van der Waals surface area (Å²) < 4.78 is 0. The van der Waals surface area contributed by atoms with Crippen molar-refractivity contribution in [3.8, 4) is 0 Å². The van der Waals surface area contributed by atoms with Crippen LogP contribution in [-0.4, -0.2) is 0 Å². The molecule has 0 N–H and O–H groups in total. The van der Waals surface area contributed by atoms with Crippen molar-refractivity contribution in [2.75, 3.05) is 0 Å². The normalized spacial score (nSPS) is 14.2. The first-order valence-electron chi connectivity index (χ1n) is 6.13. The zero-order valence-corrected chi connectivity index (χ0v) is 11.8. The summed E-state index contributed by atoms with van der Waals surface area (Å²) >= 11 is 6.34. The molecule has 0 fully saturated rings. The van der Waals surface area contributed by atoms with Crippen LogP contribution in [0, 0.1) is 5.92 Å². The molecule has 0 aliphatic heterocycles. The standard InChI is InChI=1S/C15H23Cl/c1-6-15(4,5)13-9-7-12(8-10-13)14(16)11(2)3/h7-11,14H,6H2,1-5H3. The molecular formula is C15H23Cl. The molecule has 0 nitrogen and oxygen atoms in total. The third-order valence-electron chi connectivity index (χ3n) is 3.48. The summed E-state index contributed by atoms with van der Waals surface area (Å²) in [6.45, 7) is 11.1. The molecule has 0 saturated heterocycles. The van der Waals surface area contributed by atoms with Crippen LogP contribution >= 0.6 is 11.6 Å². The predicted molar refractivity (Wildman–Crippen MR) is 73.2 cm³/mol. The lowest BCUT2D eigenvalue weighted by Crippen LogP contribution is -2.15. The van der Waals surface area contributed by atoms with E-state index >= 15 is 0 Å². The molecule has 0 bridgehead atoms.